The number of aliphatic imine (C=N–C) groups is 1. The molecule has 0 amide bonds. The first-order valence-corrected chi connectivity index (χ1v) is 4.77. The van der Waals surface area contributed by atoms with E-state index in [0.717, 1.165) is 17.9 Å². The van der Waals surface area contributed by atoms with Gasteiger partial charge in [-0.05, 0) is 11.1 Å². The van der Waals surface area contributed by atoms with Gasteiger partial charge < -0.3 is 11.2 Å². The first-order valence-electron chi connectivity index (χ1n) is 4.77. The molecule has 2 unspecified atom stereocenters. The number of nitrogens with zero attached hydrogens (tertiary/aromatic N) is 1. The fraction of sp³-hybridized carbons (Fsp3) is 0.300. The van der Waals surface area contributed by atoms with Gasteiger partial charge in [-0.1, -0.05) is 24.3 Å². The number of hydrogen-bond acceptors (Lipinski definition) is 4. The van der Waals surface area contributed by atoms with Crippen LogP contribution in [0.2, 0.25) is 0 Å². The maximum Gasteiger partial charge on any atom is 0.125 e. The maximum absolute atomic E-state index is 5.95. The lowest BCUT2D eigenvalue weighted by Crippen LogP contribution is -2.30. The van der Waals surface area contributed by atoms with Gasteiger partial charge >= 0.3 is 0 Å². The molecule has 0 aromatic heterocycles. The predicted octanol–water partition coefficient (Wildman–Crippen LogP) is 0.247. The number of nitrogens with one attached hydrogen (secondary N) is 2. The van der Waals surface area contributed by atoms with E-state index in [0.29, 0.717) is 5.92 Å². The van der Waals surface area contributed by atoms with Gasteiger partial charge in [0.15, 0.2) is 0 Å². The van der Waals surface area contributed by atoms with Crippen molar-refractivity contribution in [3.8, 4) is 0 Å². The second-order valence-corrected chi connectivity index (χ2v) is 3.65. The molecule has 2 aliphatic rings. The van der Waals surface area contributed by atoms with Crippen molar-refractivity contribution in [3.05, 3.63) is 35.4 Å². The van der Waals surface area contributed by atoms with Crippen molar-refractivity contribution in [1.82, 2.24) is 10.9 Å². The van der Waals surface area contributed by atoms with Crippen LogP contribution in [0.1, 0.15) is 23.2 Å². The van der Waals surface area contributed by atoms with Crippen LogP contribution in [-0.2, 0) is 0 Å². The molecule has 0 spiro atoms. The number of rotatable bonds is 0. The number of hydrogen-bond donors (Lipinski definition) is 3. The Bertz CT molecular complexity index is 399. The molecule has 14 heavy (non-hydrogen) atoms. The number of fused-ring (bicyclic) bond motifs is 3. The van der Waals surface area contributed by atoms with Crippen molar-refractivity contribution in [2.24, 2.45) is 10.7 Å². The minimum absolute atomic E-state index is 0.218. The zero-order valence-corrected chi connectivity index (χ0v) is 7.70. The fourth-order valence-corrected chi connectivity index (χ4v) is 2.12. The third-order valence-corrected chi connectivity index (χ3v) is 2.82. The van der Waals surface area contributed by atoms with Crippen molar-refractivity contribution in [2.45, 2.75) is 12.1 Å². The Morgan fingerprint density at radius 2 is 2.07 bits per heavy atom. The summed E-state index contributed by atoms with van der Waals surface area (Å²) in [5.74, 6) is 1.32. The number of benzene rings is 1. The summed E-state index contributed by atoms with van der Waals surface area (Å²) < 4.78 is 0. The van der Waals surface area contributed by atoms with Gasteiger partial charge in [-0.2, -0.15) is 0 Å². The Labute approximate surface area is 82.2 Å². The standard InChI is InChI=1S/C10H12N4/c11-9-7-4-2-1-3-6(7)8-5-12-14-10(8)13-9/h1-4,8-9,12H,5,11H2,(H,13,14). The zero-order chi connectivity index (χ0) is 9.54. The molecule has 1 fully saturated rings. The van der Waals surface area contributed by atoms with Gasteiger partial charge in [0, 0.05) is 6.54 Å². The van der Waals surface area contributed by atoms with Crippen molar-refractivity contribution < 1.29 is 0 Å². The molecule has 2 heterocycles. The Hall–Kier alpha value is -1.39. The van der Waals surface area contributed by atoms with Crippen LogP contribution in [0.15, 0.2) is 29.3 Å². The summed E-state index contributed by atoms with van der Waals surface area (Å²) in [4.78, 5) is 4.41. The molecule has 4 heteroatoms. The number of hydrazine groups is 1. The highest BCUT2D eigenvalue weighted by Crippen LogP contribution is 2.31. The molecule has 1 aromatic rings. The van der Waals surface area contributed by atoms with Crippen LogP contribution in [-0.4, -0.2) is 12.4 Å². The van der Waals surface area contributed by atoms with E-state index in [1.807, 2.05) is 12.1 Å². The molecule has 72 valence electrons. The van der Waals surface area contributed by atoms with Crippen LogP contribution < -0.4 is 16.6 Å². The molecular formula is C10H12N4. The van der Waals surface area contributed by atoms with Crippen LogP contribution in [0.5, 0.6) is 0 Å². The highest BCUT2D eigenvalue weighted by atomic mass is 15.4. The first kappa shape index (κ1) is 7.96. The van der Waals surface area contributed by atoms with Crippen molar-refractivity contribution in [2.75, 3.05) is 6.54 Å². The second-order valence-electron chi connectivity index (χ2n) is 3.65. The lowest BCUT2D eigenvalue weighted by molar-refractivity contribution is 0.708. The predicted molar refractivity (Wildman–Crippen MR) is 54.7 cm³/mol. The van der Waals surface area contributed by atoms with Crippen LogP contribution >= 0.6 is 0 Å². The largest absolute Gasteiger partial charge is 0.309 e. The summed E-state index contributed by atoms with van der Waals surface area (Å²) in [5.41, 5.74) is 14.5. The van der Waals surface area contributed by atoms with Crippen molar-refractivity contribution in [3.63, 3.8) is 0 Å². The number of nitrogens with two attached hydrogens (primary N) is 1. The van der Waals surface area contributed by atoms with E-state index in [1.165, 1.54) is 5.56 Å². The average Bonchev–Trinajstić information content (AvgIpc) is 2.66. The second kappa shape index (κ2) is 2.80. The van der Waals surface area contributed by atoms with E-state index in [2.05, 4.69) is 28.0 Å². The van der Waals surface area contributed by atoms with E-state index in [4.69, 9.17) is 5.73 Å². The Kier molecular flexibility index (Phi) is 1.59. The molecular weight excluding hydrogens is 176 g/mol. The topological polar surface area (TPSA) is 62.4 Å². The summed E-state index contributed by atoms with van der Waals surface area (Å²) in [6.45, 7) is 0.891. The van der Waals surface area contributed by atoms with E-state index < -0.39 is 0 Å². The molecule has 0 radical (unpaired) electrons. The minimum Gasteiger partial charge on any atom is -0.309 e. The Morgan fingerprint density at radius 1 is 1.29 bits per heavy atom. The molecule has 0 aliphatic carbocycles. The summed E-state index contributed by atoms with van der Waals surface area (Å²) in [7, 11) is 0. The van der Waals surface area contributed by atoms with Crippen LogP contribution in [0.3, 0.4) is 0 Å². The molecule has 4 N–H and O–H groups in total. The van der Waals surface area contributed by atoms with Gasteiger partial charge in [-0.15, -0.1) is 0 Å². The monoisotopic (exact) mass is 188 g/mol. The highest BCUT2D eigenvalue weighted by Gasteiger charge is 2.31. The molecule has 4 nitrogen and oxygen atoms in total. The minimum atomic E-state index is -0.218. The maximum atomic E-state index is 5.95. The highest BCUT2D eigenvalue weighted by molar-refractivity contribution is 5.92. The van der Waals surface area contributed by atoms with Gasteiger partial charge in [0.25, 0.3) is 0 Å². The summed E-state index contributed by atoms with van der Waals surface area (Å²) in [6.07, 6.45) is -0.218. The summed E-state index contributed by atoms with van der Waals surface area (Å²) in [5, 5.41) is 0. The summed E-state index contributed by atoms with van der Waals surface area (Å²) >= 11 is 0. The quantitative estimate of drug-likeness (QED) is 0.547. The Balaban J connectivity index is 2.16. The summed E-state index contributed by atoms with van der Waals surface area (Å²) in [6, 6.07) is 8.24. The van der Waals surface area contributed by atoms with E-state index in [9.17, 15) is 0 Å². The van der Waals surface area contributed by atoms with E-state index >= 15 is 0 Å². The van der Waals surface area contributed by atoms with Crippen LogP contribution in [0, 0.1) is 0 Å². The normalized spacial score (nSPS) is 28.8. The Morgan fingerprint density at radius 3 is 2.93 bits per heavy atom. The lowest BCUT2D eigenvalue weighted by Gasteiger charge is -2.23. The molecule has 0 bridgehead atoms. The smallest absolute Gasteiger partial charge is 0.125 e. The SMILES string of the molecule is NC1N=C2NNCC2c2ccccc21. The molecule has 1 saturated heterocycles. The van der Waals surface area contributed by atoms with Crippen molar-refractivity contribution >= 4 is 5.84 Å². The average molecular weight is 188 g/mol. The molecule has 2 aliphatic heterocycles. The lowest BCUT2D eigenvalue weighted by atomic mass is 9.90. The van der Waals surface area contributed by atoms with Crippen LogP contribution in [0.4, 0.5) is 0 Å². The first-order chi connectivity index (χ1) is 6.86. The van der Waals surface area contributed by atoms with Gasteiger partial charge in [-0.3, -0.25) is 0 Å². The third-order valence-electron chi connectivity index (χ3n) is 2.82. The van der Waals surface area contributed by atoms with Gasteiger partial charge in [0.05, 0.1) is 5.92 Å². The molecule has 1 aromatic carbocycles. The van der Waals surface area contributed by atoms with Crippen molar-refractivity contribution in [1.29, 1.82) is 0 Å². The molecule has 0 saturated carbocycles. The van der Waals surface area contributed by atoms with E-state index in [-0.39, 0.29) is 6.17 Å². The van der Waals surface area contributed by atoms with Gasteiger partial charge in [0.2, 0.25) is 0 Å². The van der Waals surface area contributed by atoms with E-state index in [1.54, 1.807) is 0 Å². The van der Waals surface area contributed by atoms with Gasteiger partial charge in [-0.25, -0.2) is 10.4 Å². The molecule has 3 rings (SSSR count). The number of amidine groups is 1. The van der Waals surface area contributed by atoms with Crippen LogP contribution in [0.25, 0.3) is 0 Å². The third kappa shape index (κ3) is 0.981. The van der Waals surface area contributed by atoms with Gasteiger partial charge in [0.1, 0.15) is 12.0 Å². The zero-order valence-electron chi connectivity index (χ0n) is 7.70. The molecule has 2 atom stereocenters. The fourth-order valence-electron chi connectivity index (χ4n) is 2.12.